The lowest BCUT2D eigenvalue weighted by atomic mass is 9.77. The Morgan fingerprint density at radius 2 is 1.95 bits per heavy atom. The molecule has 7 nitrogen and oxygen atoms in total. The number of rotatable bonds is 6. The predicted octanol–water partition coefficient (Wildman–Crippen LogP) is 1.03. The van der Waals surface area contributed by atoms with Gasteiger partial charge in [-0.2, -0.15) is 15.0 Å². The molecule has 19 heavy (non-hydrogen) atoms. The minimum Gasteiger partial charge on any atom is -0.461 e. The molecular formula is C12H21N5O2. The molecule has 1 aromatic heterocycles. The van der Waals surface area contributed by atoms with Gasteiger partial charge in [-0.15, -0.1) is 0 Å². The van der Waals surface area contributed by atoms with Crippen LogP contribution < -0.4 is 15.4 Å². The number of aliphatic hydroxyl groups is 1. The Bertz CT molecular complexity index is 429. The fourth-order valence-electron chi connectivity index (χ4n) is 1.95. The minimum absolute atomic E-state index is 0.00420. The first kappa shape index (κ1) is 13.8. The average molecular weight is 267 g/mol. The zero-order valence-corrected chi connectivity index (χ0v) is 11.6. The zero-order valence-electron chi connectivity index (χ0n) is 11.6. The first-order valence-corrected chi connectivity index (χ1v) is 6.56. The van der Waals surface area contributed by atoms with E-state index in [0.29, 0.717) is 11.9 Å². The SMILES string of the molecule is CNc1nc(NC2(CO)CCC2)nc(OC(C)C)n1. The van der Waals surface area contributed by atoms with Crippen LogP contribution in [-0.4, -0.2) is 45.4 Å². The van der Waals surface area contributed by atoms with Crippen LogP contribution in [0.15, 0.2) is 0 Å². The molecule has 2 rings (SSSR count). The summed E-state index contributed by atoms with van der Waals surface area (Å²) in [5.41, 5.74) is -0.290. The van der Waals surface area contributed by atoms with E-state index in [1.807, 2.05) is 13.8 Å². The first-order chi connectivity index (χ1) is 9.07. The van der Waals surface area contributed by atoms with E-state index in [4.69, 9.17) is 4.74 Å². The standard InChI is InChI=1S/C12H21N5O2/c1-8(2)19-11-15-9(13-3)14-10(16-11)17-12(7-18)5-4-6-12/h8,18H,4-7H2,1-3H3,(H2,13,14,15,16,17). The normalized spacial score (nSPS) is 16.9. The number of ether oxygens (including phenoxy) is 1. The van der Waals surface area contributed by atoms with Crippen LogP contribution in [0.1, 0.15) is 33.1 Å². The monoisotopic (exact) mass is 267 g/mol. The van der Waals surface area contributed by atoms with Gasteiger partial charge >= 0.3 is 6.01 Å². The summed E-state index contributed by atoms with van der Waals surface area (Å²) in [5.74, 6) is 0.879. The topological polar surface area (TPSA) is 92.2 Å². The number of nitrogens with zero attached hydrogens (tertiary/aromatic N) is 3. The van der Waals surface area contributed by atoms with Crippen LogP contribution in [-0.2, 0) is 0 Å². The molecule has 0 spiro atoms. The van der Waals surface area contributed by atoms with E-state index >= 15 is 0 Å². The summed E-state index contributed by atoms with van der Waals surface area (Å²) in [5, 5.41) is 15.5. The Kier molecular flexibility index (Phi) is 4.04. The minimum atomic E-state index is -0.290. The van der Waals surface area contributed by atoms with Gasteiger partial charge in [0.2, 0.25) is 11.9 Å². The van der Waals surface area contributed by atoms with E-state index in [1.54, 1.807) is 7.05 Å². The maximum absolute atomic E-state index is 9.46. The molecule has 1 saturated carbocycles. The third kappa shape index (κ3) is 3.23. The van der Waals surface area contributed by atoms with Gasteiger partial charge in [0.1, 0.15) is 0 Å². The van der Waals surface area contributed by atoms with E-state index in [0.717, 1.165) is 19.3 Å². The lowest BCUT2D eigenvalue weighted by Gasteiger charge is -2.40. The molecule has 0 saturated heterocycles. The molecule has 3 N–H and O–H groups in total. The third-order valence-corrected chi connectivity index (χ3v) is 3.17. The Balaban J connectivity index is 2.18. The molecule has 0 unspecified atom stereocenters. The molecule has 7 heteroatoms. The molecule has 0 atom stereocenters. The molecule has 1 aliphatic rings. The second-order valence-electron chi connectivity index (χ2n) is 5.10. The highest BCUT2D eigenvalue weighted by molar-refractivity contribution is 5.38. The van der Waals surface area contributed by atoms with Gasteiger partial charge in [-0.1, -0.05) is 0 Å². The highest BCUT2D eigenvalue weighted by Crippen LogP contribution is 2.34. The zero-order chi connectivity index (χ0) is 13.9. The smallest absolute Gasteiger partial charge is 0.323 e. The average Bonchev–Trinajstić information content (AvgIpc) is 2.32. The molecule has 0 radical (unpaired) electrons. The molecule has 1 heterocycles. The lowest BCUT2D eigenvalue weighted by molar-refractivity contribution is 0.143. The van der Waals surface area contributed by atoms with Crippen molar-refractivity contribution in [3.8, 4) is 6.01 Å². The molecule has 1 fully saturated rings. The fraction of sp³-hybridized carbons (Fsp3) is 0.750. The number of hydrogen-bond donors (Lipinski definition) is 3. The highest BCUT2D eigenvalue weighted by Gasteiger charge is 2.37. The Hall–Kier alpha value is -1.63. The van der Waals surface area contributed by atoms with E-state index in [2.05, 4.69) is 25.6 Å². The predicted molar refractivity (Wildman–Crippen MR) is 72.4 cm³/mol. The number of nitrogens with one attached hydrogen (secondary N) is 2. The van der Waals surface area contributed by atoms with Gasteiger partial charge in [-0.3, -0.25) is 0 Å². The van der Waals surface area contributed by atoms with Crippen molar-refractivity contribution < 1.29 is 9.84 Å². The van der Waals surface area contributed by atoms with Crippen molar-refractivity contribution >= 4 is 11.9 Å². The highest BCUT2D eigenvalue weighted by atomic mass is 16.5. The van der Waals surface area contributed by atoms with Gasteiger partial charge in [0.15, 0.2) is 0 Å². The molecule has 1 aromatic rings. The summed E-state index contributed by atoms with van der Waals surface area (Å²) >= 11 is 0. The van der Waals surface area contributed by atoms with Gasteiger partial charge in [-0.05, 0) is 33.1 Å². The van der Waals surface area contributed by atoms with Crippen LogP contribution >= 0.6 is 0 Å². The molecule has 0 amide bonds. The summed E-state index contributed by atoms with van der Waals surface area (Å²) < 4.78 is 5.49. The van der Waals surface area contributed by atoms with E-state index in [9.17, 15) is 5.11 Å². The first-order valence-electron chi connectivity index (χ1n) is 6.56. The van der Waals surface area contributed by atoms with Crippen LogP contribution in [0.25, 0.3) is 0 Å². The fourth-order valence-corrected chi connectivity index (χ4v) is 1.95. The van der Waals surface area contributed by atoms with Crippen molar-refractivity contribution in [2.75, 3.05) is 24.3 Å². The lowest BCUT2D eigenvalue weighted by Crippen LogP contribution is -2.48. The van der Waals surface area contributed by atoms with Crippen LogP contribution in [0.5, 0.6) is 6.01 Å². The van der Waals surface area contributed by atoms with E-state index < -0.39 is 0 Å². The van der Waals surface area contributed by atoms with Crippen LogP contribution in [0.3, 0.4) is 0 Å². The van der Waals surface area contributed by atoms with Crippen molar-refractivity contribution in [2.45, 2.75) is 44.8 Å². The quantitative estimate of drug-likeness (QED) is 0.708. The number of aromatic nitrogens is 3. The van der Waals surface area contributed by atoms with Gasteiger partial charge < -0.3 is 20.5 Å². The molecule has 0 bridgehead atoms. The van der Waals surface area contributed by atoms with Gasteiger partial charge in [-0.25, -0.2) is 0 Å². The van der Waals surface area contributed by atoms with Gasteiger partial charge in [0, 0.05) is 7.05 Å². The summed E-state index contributed by atoms with van der Waals surface area (Å²) in [6.07, 6.45) is 2.94. The summed E-state index contributed by atoms with van der Waals surface area (Å²) in [4.78, 5) is 12.6. The molecule has 106 valence electrons. The van der Waals surface area contributed by atoms with Gasteiger partial charge in [0.25, 0.3) is 0 Å². The van der Waals surface area contributed by atoms with E-state index in [-0.39, 0.29) is 24.3 Å². The van der Waals surface area contributed by atoms with Crippen molar-refractivity contribution in [1.29, 1.82) is 0 Å². The van der Waals surface area contributed by atoms with Crippen molar-refractivity contribution in [1.82, 2.24) is 15.0 Å². The molecule has 1 aliphatic carbocycles. The van der Waals surface area contributed by atoms with E-state index in [1.165, 1.54) is 0 Å². The van der Waals surface area contributed by atoms with Crippen LogP contribution in [0, 0.1) is 0 Å². The second-order valence-corrected chi connectivity index (χ2v) is 5.10. The summed E-state index contributed by atoms with van der Waals surface area (Å²) in [7, 11) is 1.74. The van der Waals surface area contributed by atoms with Crippen molar-refractivity contribution in [3.05, 3.63) is 0 Å². The molecule has 0 aliphatic heterocycles. The van der Waals surface area contributed by atoms with Crippen molar-refractivity contribution in [2.24, 2.45) is 0 Å². The number of aliphatic hydroxyl groups excluding tert-OH is 1. The molecule has 0 aromatic carbocycles. The molecular weight excluding hydrogens is 246 g/mol. The Morgan fingerprint density at radius 3 is 2.42 bits per heavy atom. The Labute approximate surface area is 112 Å². The third-order valence-electron chi connectivity index (χ3n) is 3.17. The largest absolute Gasteiger partial charge is 0.461 e. The number of hydrogen-bond acceptors (Lipinski definition) is 7. The maximum atomic E-state index is 9.46. The van der Waals surface area contributed by atoms with Gasteiger partial charge in [0.05, 0.1) is 18.2 Å². The summed E-state index contributed by atoms with van der Waals surface area (Å²) in [6.45, 7) is 3.90. The maximum Gasteiger partial charge on any atom is 0.323 e. The summed E-state index contributed by atoms with van der Waals surface area (Å²) in [6, 6.07) is 0.282. The Morgan fingerprint density at radius 1 is 1.26 bits per heavy atom. The van der Waals surface area contributed by atoms with Crippen LogP contribution in [0.2, 0.25) is 0 Å². The number of anilines is 2. The van der Waals surface area contributed by atoms with Crippen molar-refractivity contribution in [3.63, 3.8) is 0 Å². The second kappa shape index (κ2) is 5.56. The van der Waals surface area contributed by atoms with Crippen LogP contribution in [0.4, 0.5) is 11.9 Å².